The van der Waals surface area contributed by atoms with E-state index >= 15 is 0 Å². The maximum absolute atomic E-state index is 13.6. The van der Waals surface area contributed by atoms with Crippen molar-refractivity contribution >= 4 is 6.09 Å². The number of benzene rings is 1. The van der Waals surface area contributed by atoms with Gasteiger partial charge in [0, 0.05) is 11.9 Å². The van der Waals surface area contributed by atoms with Gasteiger partial charge >= 0.3 is 12.3 Å². The van der Waals surface area contributed by atoms with Crippen molar-refractivity contribution in [3.05, 3.63) is 65.5 Å². The fourth-order valence-corrected chi connectivity index (χ4v) is 2.53. The molecule has 0 aliphatic rings. The Hall–Kier alpha value is -2.57. The van der Waals surface area contributed by atoms with Gasteiger partial charge < -0.3 is 5.11 Å². The van der Waals surface area contributed by atoms with Gasteiger partial charge in [-0.1, -0.05) is 36.4 Å². The molecule has 4 nitrogen and oxygen atoms in total. The van der Waals surface area contributed by atoms with E-state index in [1.807, 2.05) is 0 Å². The van der Waals surface area contributed by atoms with E-state index in [1.54, 1.807) is 25.1 Å². The Balaban J connectivity index is 2.49. The highest BCUT2D eigenvalue weighted by atomic mass is 19.4. The standard InChI is InChI=1S/C17H17F3N2O2/c1-11-8-9-14(10-21-11)12(2)22(16(23)24)15(17(18,19)20)13-6-4-3-5-7-13/h3-10,12,15H,1-2H3,(H,23,24)/t12-,15-/m1/s1. The summed E-state index contributed by atoms with van der Waals surface area (Å²) in [6, 6.07) is 6.98. The summed E-state index contributed by atoms with van der Waals surface area (Å²) in [5.41, 5.74) is 0.968. The molecule has 24 heavy (non-hydrogen) atoms. The fraction of sp³-hybridized carbons (Fsp3) is 0.294. The van der Waals surface area contributed by atoms with Crippen LogP contribution in [-0.4, -0.2) is 27.3 Å². The van der Waals surface area contributed by atoms with Crippen LogP contribution >= 0.6 is 0 Å². The minimum absolute atomic E-state index is 0.126. The number of aromatic nitrogens is 1. The Morgan fingerprint density at radius 1 is 1.12 bits per heavy atom. The molecule has 0 radical (unpaired) electrons. The molecule has 0 aliphatic heterocycles. The first-order valence-corrected chi connectivity index (χ1v) is 7.27. The van der Waals surface area contributed by atoms with E-state index in [-0.39, 0.29) is 5.56 Å². The van der Waals surface area contributed by atoms with Crippen LogP contribution in [0, 0.1) is 6.92 Å². The minimum atomic E-state index is -4.74. The number of carbonyl (C=O) groups is 1. The van der Waals surface area contributed by atoms with E-state index in [4.69, 9.17) is 0 Å². The SMILES string of the molecule is Cc1ccc([C@@H](C)N(C(=O)O)[C@H](c2ccccc2)C(F)(F)F)cn1. The quantitative estimate of drug-likeness (QED) is 0.876. The molecule has 7 heteroatoms. The lowest BCUT2D eigenvalue weighted by Crippen LogP contribution is -2.43. The third-order valence-corrected chi connectivity index (χ3v) is 3.76. The molecule has 0 saturated carbocycles. The number of hydrogen-bond acceptors (Lipinski definition) is 2. The molecule has 1 aromatic carbocycles. The van der Waals surface area contributed by atoms with Crippen LogP contribution in [0.2, 0.25) is 0 Å². The van der Waals surface area contributed by atoms with E-state index in [0.717, 1.165) is 0 Å². The second kappa shape index (κ2) is 6.90. The van der Waals surface area contributed by atoms with E-state index in [2.05, 4.69) is 4.98 Å². The van der Waals surface area contributed by atoms with E-state index in [1.165, 1.54) is 37.4 Å². The van der Waals surface area contributed by atoms with Gasteiger partial charge in [0.15, 0.2) is 6.04 Å². The van der Waals surface area contributed by atoms with Crippen molar-refractivity contribution in [1.82, 2.24) is 9.88 Å². The summed E-state index contributed by atoms with van der Waals surface area (Å²) in [6.45, 7) is 3.16. The first-order chi connectivity index (χ1) is 11.2. The second-order valence-corrected chi connectivity index (χ2v) is 5.45. The van der Waals surface area contributed by atoms with Crippen molar-refractivity contribution in [2.75, 3.05) is 0 Å². The molecule has 0 aliphatic carbocycles. The molecule has 1 aromatic heterocycles. The molecule has 128 valence electrons. The highest BCUT2D eigenvalue weighted by molar-refractivity contribution is 5.67. The molecule has 2 aromatic rings. The Morgan fingerprint density at radius 3 is 2.21 bits per heavy atom. The maximum atomic E-state index is 13.6. The Kier molecular flexibility index (Phi) is 5.11. The number of nitrogens with zero attached hydrogens (tertiary/aromatic N) is 2. The summed E-state index contributed by atoms with van der Waals surface area (Å²) < 4.78 is 40.9. The van der Waals surface area contributed by atoms with Crippen LogP contribution in [0.4, 0.5) is 18.0 Å². The van der Waals surface area contributed by atoms with Crippen LogP contribution in [0.1, 0.15) is 35.8 Å². The topological polar surface area (TPSA) is 53.4 Å². The lowest BCUT2D eigenvalue weighted by Gasteiger charge is -2.35. The summed E-state index contributed by atoms with van der Waals surface area (Å²) in [6.07, 6.45) is -4.99. The number of aryl methyl sites for hydroxylation is 1. The van der Waals surface area contributed by atoms with Crippen molar-refractivity contribution in [2.45, 2.75) is 32.1 Å². The molecule has 0 fully saturated rings. The van der Waals surface area contributed by atoms with E-state index in [9.17, 15) is 23.1 Å². The first kappa shape index (κ1) is 17.8. The Bertz CT molecular complexity index is 687. The number of pyridine rings is 1. The van der Waals surface area contributed by atoms with Crippen molar-refractivity contribution in [3.8, 4) is 0 Å². The normalized spacial score (nSPS) is 14.0. The number of rotatable bonds is 4. The summed E-state index contributed by atoms with van der Waals surface area (Å²) in [5.74, 6) is 0. The molecule has 1 N–H and O–H groups in total. The van der Waals surface area contributed by atoms with Gasteiger partial charge in [-0.05, 0) is 31.0 Å². The summed E-state index contributed by atoms with van der Waals surface area (Å²) in [5, 5.41) is 9.46. The van der Waals surface area contributed by atoms with Gasteiger partial charge in [-0.15, -0.1) is 0 Å². The van der Waals surface area contributed by atoms with Crippen LogP contribution in [-0.2, 0) is 0 Å². The Morgan fingerprint density at radius 2 is 1.75 bits per heavy atom. The predicted molar refractivity (Wildman–Crippen MR) is 82.5 cm³/mol. The van der Waals surface area contributed by atoms with E-state index in [0.29, 0.717) is 16.2 Å². The lowest BCUT2D eigenvalue weighted by molar-refractivity contribution is -0.185. The largest absolute Gasteiger partial charge is 0.465 e. The summed E-state index contributed by atoms with van der Waals surface area (Å²) in [7, 11) is 0. The van der Waals surface area contributed by atoms with Gasteiger partial charge in [-0.2, -0.15) is 13.2 Å². The Labute approximate surface area is 137 Å². The highest BCUT2D eigenvalue weighted by Gasteiger charge is 2.48. The molecule has 0 saturated heterocycles. The number of hydrogen-bond donors (Lipinski definition) is 1. The number of carboxylic acid groups (broad SMARTS) is 1. The fourth-order valence-electron chi connectivity index (χ4n) is 2.53. The monoisotopic (exact) mass is 338 g/mol. The molecule has 1 amide bonds. The predicted octanol–water partition coefficient (Wildman–Crippen LogP) is 4.73. The zero-order chi connectivity index (χ0) is 17.9. The molecule has 2 rings (SSSR count). The van der Waals surface area contributed by atoms with Crippen molar-refractivity contribution < 1.29 is 23.1 Å². The molecule has 0 bridgehead atoms. The smallest absolute Gasteiger partial charge is 0.413 e. The first-order valence-electron chi connectivity index (χ1n) is 7.27. The zero-order valence-corrected chi connectivity index (χ0v) is 13.2. The average molecular weight is 338 g/mol. The van der Waals surface area contributed by atoms with Gasteiger partial charge in [-0.3, -0.25) is 9.88 Å². The summed E-state index contributed by atoms with van der Waals surface area (Å²) in [4.78, 5) is 16.1. The van der Waals surface area contributed by atoms with Gasteiger partial charge in [0.1, 0.15) is 0 Å². The zero-order valence-electron chi connectivity index (χ0n) is 13.2. The molecule has 0 unspecified atom stereocenters. The molecule has 2 atom stereocenters. The number of amides is 1. The van der Waals surface area contributed by atoms with Gasteiger partial charge in [-0.25, -0.2) is 4.79 Å². The van der Waals surface area contributed by atoms with Gasteiger partial charge in [0.05, 0.1) is 6.04 Å². The van der Waals surface area contributed by atoms with Crippen LogP contribution in [0.3, 0.4) is 0 Å². The third kappa shape index (κ3) is 3.84. The number of halogens is 3. The van der Waals surface area contributed by atoms with Crippen LogP contribution in [0.5, 0.6) is 0 Å². The minimum Gasteiger partial charge on any atom is -0.465 e. The molecular formula is C17H17F3N2O2. The third-order valence-electron chi connectivity index (χ3n) is 3.76. The number of alkyl halides is 3. The summed E-state index contributed by atoms with van der Waals surface area (Å²) >= 11 is 0. The van der Waals surface area contributed by atoms with Crippen molar-refractivity contribution in [3.63, 3.8) is 0 Å². The molecule has 0 spiro atoms. The maximum Gasteiger partial charge on any atom is 0.413 e. The van der Waals surface area contributed by atoms with Crippen molar-refractivity contribution in [2.24, 2.45) is 0 Å². The molecule has 1 heterocycles. The highest BCUT2D eigenvalue weighted by Crippen LogP contribution is 2.41. The van der Waals surface area contributed by atoms with Gasteiger partial charge in [0.25, 0.3) is 0 Å². The van der Waals surface area contributed by atoms with E-state index < -0.39 is 24.4 Å². The second-order valence-electron chi connectivity index (χ2n) is 5.45. The van der Waals surface area contributed by atoms with Crippen LogP contribution < -0.4 is 0 Å². The van der Waals surface area contributed by atoms with Crippen molar-refractivity contribution in [1.29, 1.82) is 0 Å². The average Bonchev–Trinajstić information content (AvgIpc) is 2.52. The van der Waals surface area contributed by atoms with Crippen LogP contribution in [0.15, 0.2) is 48.7 Å². The van der Waals surface area contributed by atoms with Gasteiger partial charge in [0.2, 0.25) is 0 Å². The lowest BCUT2D eigenvalue weighted by atomic mass is 10.0. The molecular weight excluding hydrogens is 321 g/mol. The van der Waals surface area contributed by atoms with Crippen LogP contribution in [0.25, 0.3) is 0 Å².